The SMILES string of the molecule is COc1cc(OC)cc(C(=O)Nc2ccc(SCc3cc(=O)n4oc(C)cc4n3)cc2)c1. The van der Waals surface area contributed by atoms with Gasteiger partial charge in [-0.3, -0.25) is 9.59 Å². The number of nitrogens with one attached hydrogen (secondary N) is 1. The molecular formula is C23H21N3O5S. The van der Waals surface area contributed by atoms with E-state index in [1.807, 2.05) is 24.3 Å². The van der Waals surface area contributed by atoms with Gasteiger partial charge in [0, 0.05) is 40.1 Å². The lowest BCUT2D eigenvalue weighted by atomic mass is 10.2. The average Bonchev–Trinajstić information content (AvgIpc) is 3.19. The number of fused-ring (bicyclic) bond motifs is 1. The number of aromatic nitrogens is 2. The molecule has 0 aliphatic heterocycles. The predicted octanol–water partition coefficient (Wildman–Crippen LogP) is 4.16. The fourth-order valence-corrected chi connectivity index (χ4v) is 3.87. The lowest BCUT2D eigenvalue weighted by molar-refractivity contribution is 0.102. The van der Waals surface area contributed by atoms with Crippen LogP contribution in [-0.2, 0) is 5.75 Å². The molecule has 1 amide bonds. The van der Waals surface area contributed by atoms with E-state index in [0.29, 0.717) is 45.6 Å². The van der Waals surface area contributed by atoms with Gasteiger partial charge in [-0.05, 0) is 43.3 Å². The van der Waals surface area contributed by atoms with Gasteiger partial charge in [0.1, 0.15) is 17.3 Å². The molecule has 0 saturated heterocycles. The molecule has 9 heteroatoms. The number of benzene rings is 2. The van der Waals surface area contributed by atoms with Crippen LogP contribution in [0.2, 0.25) is 0 Å². The number of aryl methyl sites for hydroxylation is 1. The summed E-state index contributed by atoms with van der Waals surface area (Å²) in [4.78, 5) is 30.2. The van der Waals surface area contributed by atoms with Crippen molar-refractivity contribution in [3.63, 3.8) is 0 Å². The molecule has 0 atom stereocenters. The Morgan fingerprint density at radius 1 is 1.06 bits per heavy atom. The van der Waals surface area contributed by atoms with Crippen LogP contribution in [0.5, 0.6) is 11.5 Å². The molecule has 4 rings (SSSR count). The van der Waals surface area contributed by atoms with Crippen LogP contribution < -0.4 is 20.3 Å². The molecule has 2 heterocycles. The number of nitrogens with zero attached hydrogens (tertiary/aromatic N) is 2. The number of thioether (sulfide) groups is 1. The molecule has 2 aromatic carbocycles. The van der Waals surface area contributed by atoms with Crippen molar-refractivity contribution in [2.75, 3.05) is 19.5 Å². The van der Waals surface area contributed by atoms with Gasteiger partial charge in [-0.1, -0.05) is 0 Å². The smallest absolute Gasteiger partial charge is 0.287 e. The van der Waals surface area contributed by atoms with E-state index in [0.717, 1.165) is 4.90 Å². The van der Waals surface area contributed by atoms with E-state index >= 15 is 0 Å². The quantitative estimate of drug-likeness (QED) is 0.422. The Kier molecular flexibility index (Phi) is 6.18. The first-order valence-corrected chi connectivity index (χ1v) is 10.7. The monoisotopic (exact) mass is 451 g/mol. The number of hydrogen-bond donors (Lipinski definition) is 1. The molecule has 0 saturated carbocycles. The number of ether oxygens (including phenoxy) is 2. The second kappa shape index (κ2) is 9.19. The highest BCUT2D eigenvalue weighted by molar-refractivity contribution is 7.98. The summed E-state index contributed by atoms with van der Waals surface area (Å²) in [6.07, 6.45) is 0. The van der Waals surface area contributed by atoms with Gasteiger partial charge in [-0.15, -0.1) is 16.3 Å². The second-order valence-corrected chi connectivity index (χ2v) is 8.00. The van der Waals surface area contributed by atoms with Crippen LogP contribution in [-0.4, -0.2) is 29.7 Å². The van der Waals surface area contributed by atoms with E-state index in [1.54, 1.807) is 43.0 Å². The maximum absolute atomic E-state index is 12.6. The van der Waals surface area contributed by atoms with Crippen LogP contribution in [0, 0.1) is 6.92 Å². The highest BCUT2D eigenvalue weighted by Crippen LogP contribution is 2.25. The number of hydrogen-bond acceptors (Lipinski definition) is 7. The Morgan fingerprint density at radius 2 is 1.75 bits per heavy atom. The van der Waals surface area contributed by atoms with E-state index < -0.39 is 0 Å². The van der Waals surface area contributed by atoms with Crippen molar-refractivity contribution in [3.8, 4) is 11.5 Å². The van der Waals surface area contributed by atoms with Crippen molar-refractivity contribution in [1.82, 2.24) is 9.56 Å². The lowest BCUT2D eigenvalue weighted by Gasteiger charge is -2.10. The molecule has 0 bridgehead atoms. The zero-order chi connectivity index (χ0) is 22.7. The van der Waals surface area contributed by atoms with Crippen LogP contribution in [0.3, 0.4) is 0 Å². The Hall–Kier alpha value is -3.72. The van der Waals surface area contributed by atoms with Gasteiger partial charge in [0.25, 0.3) is 11.5 Å². The number of methoxy groups -OCH3 is 2. The molecule has 32 heavy (non-hydrogen) atoms. The first-order valence-electron chi connectivity index (χ1n) is 9.72. The van der Waals surface area contributed by atoms with Crippen molar-refractivity contribution in [2.24, 2.45) is 0 Å². The maximum atomic E-state index is 12.6. The lowest BCUT2D eigenvalue weighted by Crippen LogP contribution is -2.12. The maximum Gasteiger partial charge on any atom is 0.287 e. The molecule has 2 aromatic heterocycles. The third-order valence-corrected chi connectivity index (χ3v) is 5.68. The Balaban J connectivity index is 1.41. The summed E-state index contributed by atoms with van der Waals surface area (Å²) in [6.45, 7) is 1.77. The molecule has 0 spiro atoms. The Bertz CT molecular complexity index is 1310. The van der Waals surface area contributed by atoms with Gasteiger partial charge in [0.2, 0.25) is 0 Å². The summed E-state index contributed by atoms with van der Waals surface area (Å²) in [6, 6.07) is 15.7. The number of rotatable bonds is 7. The third-order valence-electron chi connectivity index (χ3n) is 4.64. The van der Waals surface area contributed by atoms with E-state index in [1.165, 1.54) is 24.9 Å². The predicted molar refractivity (Wildman–Crippen MR) is 122 cm³/mol. The highest BCUT2D eigenvalue weighted by Gasteiger charge is 2.11. The third kappa shape index (κ3) is 4.78. The fourth-order valence-electron chi connectivity index (χ4n) is 3.08. The highest BCUT2D eigenvalue weighted by atomic mass is 32.2. The van der Waals surface area contributed by atoms with Crippen molar-refractivity contribution in [2.45, 2.75) is 17.6 Å². The van der Waals surface area contributed by atoms with E-state index in [4.69, 9.17) is 14.0 Å². The molecule has 0 aliphatic carbocycles. The van der Waals surface area contributed by atoms with Crippen molar-refractivity contribution in [3.05, 3.63) is 82.0 Å². The number of carbonyl (C=O) groups is 1. The number of amides is 1. The normalized spacial score (nSPS) is 10.8. The van der Waals surface area contributed by atoms with E-state index in [-0.39, 0.29) is 11.5 Å². The number of anilines is 1. The molecule has 0 aliphatic rings. The number of carbonyl (C=O) groups excluding carboxylic acids is 1. The van der Waals surface area contributed by atoms with E-state index in [9.17, 15) is 9.59 Å². The molecule has 0 unspecified atom stereocenters. The average molecular weight is 452 g/mol. The summed E-state index contributed by atoms with van der Waals surface area (Å²) in [5, 5.41) is 2.87. The minimum Gasteiger partial charge on any atom is -0.497 e. The van der Waals surface area contributed by atoms with Crippen molar-refractivity contribution >= 4 is 29.0 Å². The van der Waals surface area contributed by atoms with Crippen molar-refractivity contribution in [1.29, 1.82) is 0 Å². The summed E-state index contributed by atoms with van der Waals surface area (Å²) in [5.41, 5.74) is 2.02. The standard InChI is InChI=1S/C23H21N3O5S/c1-14-8-21-24-17(11-22(27)26(21)31-14)13-32-20-6-4-16(5-7-20)25-23(28)15-9-18(29-2)12-19(10-15)30-3/h4-12H,13H2,1-3H3,(H,25,28). The van der Waals surface area contributed by atoms with Crippen LogP contribution in [0.15, 0.2) is 68.8 Å². The first-order chi connectivity index (χ1) is 15.4. The largest absolute Gasteiger partial charge is 0.497 e. The van der Waals surface area contributed by atoms with Gasteiger partial charge in [0.05, 0.1) is 19.9 Å². The molecule has 8 nitrogen and oxygen atoms in total. The minimum atomic E-state index is -0.268. The molecule has 1 N–H and O–H groups in total. The van der Waals surface area contributed by atoms with Gasteiger partial charge >= 0.3 is 0 Å². The van der Waals surface area contributed by atoms with E-state index in [2.05, 4.69) is 10.3 Å². The summed E-state index contributed by atoms with van der Waals surface area (Å²) in [7, 11) is 3.07. The first kappa shape index (κ1) is 21.5. The summed E-state index contributed by atoms with van der Waals surface area (Å²) < 4.78 is 16.9. The van der Waals surface area contributed by atoms with Gasteiger partial charge in [-0.25, -0.2) is 4.98 Å². The molecule has 4 aromatic rings. The Labute approximate surface area is 188 Å². The van der Waals surface area contributed by atoms with Crippen LogP contribution in [0.25, 0.3) is 5.65 Å². The summed E-state index contributed by atoms with van der Waals surface area (Å²) in [5.74, 6) is 1.97. The molecule has 0 fully saturated rings. The topological polar surface area (TPSA) is 95.1 Å². The van der Waals surface area contributed by atoms with Gasteiger partial charge in [-0.2, -0.15) is 0 Å². The van der Waals surface area contributed by atoms with Gasteiger partial charge in [0.15, 0.2) is 5.65 Å². The second-order valence-electron chi connectivity index (χ2n) is 6.95. The van der Waals surface area contributed by atoms with Crippen LogP contribution in [0.1, 0.15) is 21.8 Å². The fraction of sp³-hybridized carbons (Fsp3) is 0.174. The summed E-state index contributed by atoms with van der Waals surface area (Å²) >= 11 is 1.54. The molecule has 164 valence electrons. The zero-order valence-corrected chi connectivity index (χ0v) is 18.6. The van der Waals surface area contributed by atoms with Crippen LogP contribution >= 0.6 is 11.8 Å². The zero-order valence-electron chi connectivity index (χ0n) is 17.7. The Morgan fingerprint density at radius 3 is 2.41 bits per heavy atom. The molecule has 0 radical (unpaired) electrons. The van der Waals surface area contributed by atoms with Gasteiger partial charge < -0.3 is 19.3 Å². The van der Waals surface area contributed by atoms with Crippen LogP contribution in [0.4, 0.5) is 5.69 Å². The minimum absolute atomic E-state index is 0.245. The molecular weight excluding hydrogens is 430 g/mol. The van der Waals surface area contributed by atoms with Crippen molar-refractivity contribution < 1.29 is 18.8 Å².